The Morgan fingerprint density at radius 1 is 1.13 bits per heavy atom. The zero-order chi connectivity index (χ0) is 21.3. The molecule has 0 saturated carbocycles. The number of para-hydroxylation sites is 1. The van der Waals surface area contributed by atoms with Gasteiger partial charge in [-0.2, -0.15) is 5.10 Å². The molecule has 30 heavy (non-hydrogen) atoms. The number of nitrogens with zero attached hydrogens (tertiary/aromatic N) is 2. The third kappa shape index (κ3) is 3.87. The van der Waals surface area contributed by atoms with Crippen molar-refractivity contribution in [3.8, 4) is 22.9 Å². The maximum absolute atomic E-state index is 10.4. The second kappa shape index (κ2) is 8.03. The van der Waals surface area contributed by atoms with E-state index in [-0.39, 0.29) is 17.2 Å². The van der Waals surface area contributed by atoms with Crippen molar-refractivity contribution in [2.24, 2.45) is 5.41 Å². The smallest absolute Gasteiger partial charge is 0.162 e. The molecule has 158 valence electrons. The molecule has 2 N–H and O–H groups in total. The number of nitrogens with one attached hydrogen (secondary N) is 1. The fourth-order valence-electron chi connectivity index (χ4n) is 4.28. The summed E-state index contributed by atoms with van der Waals surface area (Å²) in [5.74, 6) is 1.51. The Morgan fingerprint density at radius 3 is 2.60 bits per heavy atom. The molecular formula is C24H29N3O3. The molecule has 0 saturated heterocycles. The van der Waals surface area contributed by atoms with Crippen LogP contribution in [-0.4, -0.2) is 29.1 Å². The molecule has 1 heterocycles. The molecule has 3 aromatic rings. The Kier molecular flexibility index (Phi) is 5.43. The number of phenols is 1. The summed E-state index contributed by atoms with van der Waals surface area (Å²) in [5.41, 5.74) is 4.42. The lowest BCUT2D eigenvalue weighted by Crippen LogP contribution is -2.33. The van der Waals surface area contributed by atoms with Gasteiger partial charge in [0.15, 0.2) is 11.5 Å². The summed E-state index contributed by atoms with van der Waals surface area (Å²) in [4.78, 5) is 0. The lowest BCUT2D eigenvalue weighted by Gasteiger charge is -2.36. The molecule has 0 amide bonds. The predicted octanol–water partition coefficient (Wildman–Crippen LogP) is 4.40. The van der Waals surface area contributed by atoms with Crippen molar-refractivity contribution in [2.45, 2.75) is 39.3 Å². The number of fused-ring (bicyclic) bond motifs is 1. The minimum atomic E-state index is 0.130. The Bertz CT molecular complexity index is 1020. The molecule has 4 rings (SSSR count). The lowest BCUT2D eigenvalue weighted by molar-refractivity contribution is 0.252. The van der Waals surface area contributed by atoms with Crippen LogP contribution in [0.4, 0.5) is 0 Å². The Balaban J connectivity index is 1.61. The normalized spacial score (nSPS) is 17.4. The summed E-state index contributed by atoms with van der Waals surface area (Å²) in [6.07, 6.45) is 3.92. The number of aromatic nitrogens is 2. The highest BCUT2D eigenvalue weighted by Crippen LogP contribution is 2.42. The lowest BCUT2D eigenvalue weighted by atomic mass is 9.74. The molecule has 1 aromatic heterocycles. The molecule has 0 bridgehead atoms. The van der Waals surface area contributed by atoms with E-state index < -0.39 is 0 Å². The van der Waals surface area contributed by atoms with Crippen LogP contribution in [0.2, 0.25) is 0 Å². The number of benzene rings is 2. The summed E-state index contributed by atoms with van der Waals surface area (Å²) in [6.45, 7) is 5.13. The van der Waals surface area contributed by atoms with E-state index >= 15 is 0 Å². The van der Waals surface area contributed by atoms with E-state index in [0.717, 1.165) is 29.8 Å². The molecule has 2 aromatic carbocycles. The van der Waals surface area contributed by atoms with Gasteiger partial charge < -0.3 is 19.9 Å². The van der Waals surface area contributed by atoms with Crippen molar-refractivity contribution in [1.29, 1.82) is 0 Å². The number of methoxy groups -OCH3 is 2. The van der Waals surface area contributed by atoms with Crippen LogP contribution < -0.4 is 14.8 Å². The van der Waals surface area contributed by atoms with Gasteiger partial charge in [-0.25, -0.2) is 4.68 Å². The first-order chi connectivity index (χ1) is 14.4. The number of ether oxygens (including phenoxy) is 2. The molecule has 6 nitrogen and oxygen atoms in total. The summed E-state index contributed by atoms with van der Waals surface area (Å²) < 4.78 is 12.6. The molecular weight excluding hydrogens is 378 g/mol. The highest BCUT2D eigenvalue weighted by molar-refractivity contribution is 5.45. The number of hydrogen-bond acceptors (Lipinski definition) is 5. The molecule has 0 spiro atoms. The van der Waals surface area contributed by atoms with Crippen LogP contribution in [0.1, 0.15) is 43.1 Å². The van der Waals surface area contributed by atoms with Crippen molar-refractivity contribution in [3.63, 3.8) is 0 Å². The number of aromatic hydroxyl groups is 1. The van der Waals surface area contributed by atoms with Gasteiger partial charge in [-0.3, -0.25) is 0 Å². The number of rotatable bonds is 6. The zero-order valence-electron chi connectivity index (χ0n) is 18.0. The van der Waals surface area contributed by atoms with Gasteiger partial charge >= 0.3 is 0 Å². The average Bonchev–Trinajstić information content (AvgIpc) is 3.15. The minimum Gasteiger partial charge on any atom is -0.504 e. The van der Waals surface area contributed by atoms with Crippen LogP contribution in [0.25, 0.3) is 5.69 Å². The van der Waals surface area contributed by atoms with Gasteiger partial charge in [-0.05, 0) is 48.6 Å². The predicted molar refractivity (Wildman–Crippen MR) is 116 cm³/mol. The highest BCUT2D eigenvalue weighted by Gasteiger charge is 2.35. The fraction of sp³-hybridized carbons (Fsp3) is 0.375. The van der Waals surface area contributed by atoms with E-state index in [1.807, 2.05) is 47.3 Å². The topological polar surface area (TPSA) is 68.5 Å². The monoisotopic (exact) mass is 407 g/mol. The second-order valence-electron chi connectivity index (χ2n) is 8.60. The Hall–Kier alpha value is -2.99. The number of hydrogen-bond donors (Lipinski definition) is 2. The quantitative estimate of drug-likeness (QED) is 0.634. The first kappa shape index (κ1) is 20.3. The fourth-order valence-corrected chi connectivity index (χ4v) is 4.28. The van der Waals surface area contributed by atoms with Crippen LogP contribution in [-0.2, 0) is 13.0 Å². The zero-order valence-corrected chi connectivity index (χ0v) is 18.0. The van der Waals surface area contributed by atoms with Crippen molar-refractivity contribution in [1.82, 2.24) is 15.1 Å². The average molecular weight is 408 g/mol. The second-order valence-corrected chi connectivity index (χ2v) is 8.60. The molecule has 6 heteroatoms. The molecule has 1 aliphatic carbocycles. The maximum atomic E-state index is 10.4. The molecule has 1 unspecified atom stereocenters. The maximum Gasteiger partial charge on any atom is 0.162 e. The van der Waals surface area contributed by atoms with Crippen molar-refractivity contribution in [2.75, 3.05) is 14.2 Å². The van der Waals surface area contributed by atoms with Gasteiger partial charge in [-0.1, -0.05) is 26.0 Å². The van der Waals surface area contributed by atoms with E-state index in [4.69, 9.17) is 14.6 Å². The van der Waals surface area contributed by atoms with Crippen molar-refractivity contribution in [3.05, 3.63) is 65.5 Å². The van der Waals surface area contributed by atoms with Gasteiger partial charge in [-0.15, -0.1) is 0 Å². The molecule has 1 atom stereocenters. The van der Waals surface area contributed by atoms with Crippen LogP contribution in [0.15, 0.2) is 48.7 Å². The van der Waals surface area contributed by atoms with Gasteiger partial charge in [0.1, 0.15) is 5.75 Å². The van der Waals surface area contributed by atoms with E-state index in [0.29, 0.717) is 12.3 Å². The standard InChI is InChI=1S/C24H29N3O3/c1-24(2)12-20(25-14-16-6-5-7-22(30-4)23(16)28)19-15-26-27(21(19)13-24)17-8-10-18(29-3)11-9-17/h5-11,15,20,25,28H,12-14H2,1-4H3. The summed E-state index contributed by atoms with van der Waals surface area (Å²) in [5, 5.41) is 18.8. The number of phenolic OH excluding ortho intramolecular Hbond substituents is 1. The van der Waals surface area contributed by atoms with Crippen LogP contribution in [0.5, 0.6) is 17.2 Å². The van der Waals surface area contributed by atoms with E-state index in [9.17, 15) is 5.11 Å². The first-order valence-electron chi connectivity index (χ1n) is 10.2. The Labute approximate surface area is 177 Å². The van der Waals surface area contributed by atoms with E-state index in [2.05, 4.69) is 19.2 Å². The molecule has 0 aliphatic heterocycles. The SMILES string of the molecule is COc1ccc(-n2ncc3c2CC(C)(C)CC3NCc2cccc(OC)c2O)cc1. The van der Waals surface area contributed by atoms with Crippen LogP contribution in [0, 0.1) is 5.41 Å². The highest BCUT2D eigenvalue weighted by atomic mass is 16.5. The van der Waals surface area contributed by atoms with Crippen LogP contribution in [0.3, 0.4) is 0 Å². The van der Waals surface area contributed by atoms with E-state index in [1.165, 1.54) is 11.3 Å². The largest absolute Gasteiger partial charge is 0.504 e. The minimum absolute atomic E-state index is 0.130. The van der Waals surface area contributed by atoms with Gasteiger partial charge in [0.25, 0.3) is 0 Å². The van der Waals surface area contributed by atoms with Gasteiger partial charge in [0.05, 0.1) is 26.1 Å². The first-order valence-corrected chi connectivity index (χ1v) is 10.2. The third-order valence-corrected chi connectivity index (χ3v) is 5.84. The summed E-state index contributed by atoms with van der Waals surface area (Å²) in [7, 11) is 3.24. The summed E-state index contributed by atoms with van der Waals surface area (Å²) >= 11 is 0. The van der Waals surface area contributed by atoms with Crippen molar-refractivity contribution < 1.29 is 14.6 Å². The third-order valence-electron chi connectivity index (χ3n) is 5.84. The van der Waals surface area contributed by atoms with Crippen LogP contribution >= 0.6 is 0 Å². The van der Waals surface area contributed by atoms with E-state index in [1.54, 1.807) is 20.3 Å². The van der Waals surface area contributed by atoms with Crippen molar-refractivity contribution >= 4 is 0 Å². The Morgan fingerprint density at radius 2 is 1.90 bits per heavy atom. The van der Waals surface area contributed by atoms with Gasteiger partial charge in [0.2, 0.25) is 0 Å². The molecule has 1 aliphatic rings. The molecule has 0 radical (unpaired) electrons. The molecule has 0 fully saturated rings. The summed E-state index contributed by atoms with van der Waals surface area (Å²) in [6, 6.07) is 13.7. The van der Waals surface area contributed by atoms with Gasteiger partial charge in [0, 0.05) is 29.4 Å².